The van der Waals surface area contributed by atoms with E-state index in [1.807, 2.05) is 0 Å². The Balaban J connectivity index is 0. The van der Waals surface area contributed by atoms with E-state index in [0.29, 0.717) is 13.0 Å². The second kappa shape index (κ2) is 37.1. The number of unbranched alkanes of at least 4 members (excludes halogenated alkanes) is 28. The van der Waals surface area contributed by atoms with E-state index in [9.17, 15) is 9.90 Å². The van der Waals surface area contributed by atoms with E-state index in [-0.39, 0.29) is 19.5 Å². The van der Waals surface area contributed by atoms with Crippen LogP contribution >= 0.6 is 0 Å². The van der Waals surface area contributed by atoms with E-state index in [1.54, 1.807) is 0 Å². The first kappa shape index (κ1) is 42.2. The van der Waals surface area contributed by atoms with Gasteiger partial charge in [0.05, 0.1) is 0 Å². The van der Waals surface area contributed by atoms with Gasteiger partial charge in [-0.25, -0.2) is 4.79 Å². The maximum absolute atomic E-state index is 11.5. The number of rotatable bonds is 34. The molecule has 0 spiro atoms. The molecule has 0 aliphatic carbocycles. The van der Waals surface area contributed by atoms with E-state index in [2.05, 4.69) is 13.8 Å². The first-order chi connectivity index (χ1) is 19.2. The molecule has 0 saturated heterocycles. The molecule has 0 amide bonds. The molecule has 4 heteroatoms. The van der Waals surface area contributed by atoms with Crippen LogP contribution in [0.5, 0.6) is 0 Å². The van der Waals surface area contributed by atoms with Crippen molar-refractivity contribution in [2.45, 2.75) is 219 Å². The van der Waals surface area contributed by atoms with Gasteiger partial charge in [0, 0.05) is 26.1 Å². The Morgan fingerprint density at radius 3 is 0.975 bits per heavy atom. The molecule has 0 saturated carbocycles. The van der Waals surface area contributed by atoms with Crippen LogP contribution in [-0.2, 0) is 29.0 Å². The van der Waals surface area contributed by atoms with Gasteiger partial charge in [-0.1, -0.05) is 200 Å². The number of hydrogen-bond acceptors (Lipinski definition) is 2. The minimum absolute atomic E-state index is 0. The zero-order valence-corrected chi connectivity index (χ0v) is 30.6. The summed E-state index contributed by atoms with van der Waals surface area (Å²) in [4.78, 5) is 11.5. The fourth-order valence-corrected chi connectivity index (χ4v) is 5.68. The summed E-state index contributed by atoms with van der Waals surface area (Å²) in [6, 6.07) is 0. The normalized spacial score (nSPS) is 11.9. The number of hydrogen-bond donors (Lipinski definition) is 1. The Kier molecular flexibility index (Phi) is 39.1. The minimum Gasteiger partial charge on any atom is -0.479 e. The Labute approximate surface area is 264 Å². The topological polar surface area (TPSA) is 46.5 Å². The van der Waals surface area contributed by atoms with Gasteiger partial charge in [-0.3, -0.25) is 0 Å². The molecular weight excluding hydrogens is 546 g/mol. The molecule has 3 nitrogen and oxygen atoms in total. The summed E-state index contributed by atoms with van der Waals surface area (Å²) in [6.45, 7) is 5.17. The Morgan fingerprint density at radius 1 is 0.450 bits per heavy atom. The smallest absolute Gasteiger partial charge is 0.332 e. The fraction of sp³-hybridized carbons (Fsp3) is 0.972. The van der Waals surface area contributed by atoms with Gasteiger partial charge in [-0.2, -0.15) is 0 Å². The third-order valence-corrected chi connectivity index (χ3v) is 8.41. The van der Waals surface area contributed by atoms with E-state index in [0.717, 1.165) is 19.3 Å². The number of carboxylic acids is 1. The van der Waals surface area contributed by atoms with Crippen LogP contribution in [0, 0.1) is 0 Å². The summed E-state index contributed by atoms with van der Waals surface area (Å²) in [5, 5.41) is 9.49. The molecular formula is C36H72O3Zn. The van der Waals surface area contributed by atoms with Crippen LogP contribution in [0.2, 0.25) is 0 Å². The molecule has 1 unspecified atom stereocenters. The summed E-state index contributed by atoms with van der Waals surface area (Å²) in [6.07, 6.45) is 40.3. The van der Waals surface area contributed by atoms with Crippen LogP contribution in [0.3, 0.4) is 0 Å². The predicted molar refractivity (Wildman–Crippen MR) is 172 cm³/mol. The van der Waals surface area contributed by atoms with Gasteiger partial charge in [0.2, 0.25) is 0 Å². The van der Waals surface area contributed by atoms with Gasteiger partial charge in [0.1, 0.15) is 0 Å². The molecule has 0 aromatic heterocycles. The maximum atomic E-state index is 11.5. The van der Waals surface area contributed by atoms with Crippen LogP contribution in [0.4, 0.5) is 0 Å². The van der Waals surface area contributed by atoms with Gasteiger partial charge in [-0.15, -0.1) is 0 Å². The molecule has 1 atom stereocenters. The summed E-state index contributed by atoms with van der Waals surface area (Å²) >= 11 is 0. The summed E-state index contributed by atoms with van der Waals surface area (Å²) in [5.74, 6) is -0.777. The average Bonchev–Trinajstić information content (AvgIpc) is 2.93. The molecule has 0 aromatic rings. The van der Waals surface area contributed by atoms with Gasteiger partial charge >= 0.3 is 5.97 Å². The van der Waals surface area contributed by atoms with Crippen LogP contribution in [0.15, 0.2) is 0 Å². The molecule has 0 aromatic carbocycles. The predicted octanol–water partition coefficient (Wildman–Crippen LogP) is 12.6. The van der Waals surface area contributed by atoms with Crippen LogP contribution < -0.4 is 0 Å². The molecule has 40 heavy (non-hydrogen) atoms. The number of ether oxygens (including phenoxy) is 1. The molecule has 0 aliphatic heterocycles. The van der Waals surface area contributed by atoms with Crippen molar-refractivity contribution in [1.82, 2.24) is 0 Å². The minimum atomic E-state index is -0.777. The van der Waals surface area contributed by atoms with Gasteiger partial charge in [-0.05, 0) is 12.8 Å². The van der Waals surface area contributed by atoms with E-state index in [4.69, 9.17) is 4.74 Å². The Hall–Kier alpha value is 0.0534. The van der Waals surface area contributed by atoms with Crippen molar-refractivity contribution in [1.29, 1.82) is 0 Å². The Morgan fingerprint density at radius 2 is 0.700 bits per heavy atom. The molecule has 0 heterocycles. The molecule has 0 radical (unpaired) electrons. The summed E-state index contributed by atoms with van der Waals surface area (Å²) in [7, 11) is 0. The van der Waals surface area contributed by atoms with Gasteiger partial charge < -0.3 is 9.84 Å². The van der Waals surface area contributed by atoms with Crippen molar-refractivity contribution in [2.24, 2.45) is 0 Å². The van der Waals surface area contributed by atoms with Crippen molar-refractivity contribution in [2.75, 3.05) is 6.61 Å². The van der Waals surface area contributed by atoms with Crippen molar-refractivity contribution in [3.63, 3.8) is 0 Å². The largest absolute Gasteiger partial charge is 0.479 e. The van der Waals surface area contributed by atoms with Crippen LogP contribution in [0.25, 0.3) is 0 Å². The fourth-order valence-electron chi connectivity index (χ4n) is 5.68. The zero-order valence-electron chi connectivity index (χ0n) is 27.7. The van der Waals surface area contributed by atoms with Crippen molar-refractivity contribution < 1.29 is 34.1 Å². The van der Waals surface area contributed by atoms with E-state index in [1.165, 1.54) is 173 Å². The average molecular weight is 618 g/mol. The first-order valence-electron chi connectivity index (χ1n) is 18.1. The SMILES string of the molecule is CCCCCCCCCCCCCCCCCCOC(CCCCCCCCCCCCCCCC)C(=O)O.[Zn]. The number of carbonyl (C=O) groups is 1. The molecule has 0 aliphatic rings. The first-order valence-corrected chi connectivity index (χ1v) is 18.1. The van der Waals surface area contributed by atoms with Gasteiger partial charge in [0.25, 0.3) is 0 Å². The van der Waals surface area contributed by atoms with Crippen LogP contribution in [-0.4, -0.2) is 23.8 Å². The third kappa shape index (κ3) is 34.3. The standard InChI is InChI=1S/C36H72O3.Zn/c1-3-5-7-9-11-13-15-17-19-20-22-24-26-28-30-32-34-39-35(36(37)38)33-31-29-27-25-23-21-18-16-14-12-10-8-6-4-2;/h35H,3-34H2,1-2H3,(H,37,38);. The maximum Gasteiger partial charge on any atom is 0.332 e. The van der Waals surface area contributed by atoms with E-state index < -0.39 is 12.1 Å². The third-order valence-electron chi connectivity index (χ3n) is 8.41. The Bertz CT molecular complexity index is 471. The molecule has 236 valence electrons. The van der Waals surface area contributed by atoms with Crippen molar-refractivity contribution in [3.8, 4) is 0 Å². The van der Waals surface area contributed by atoms with E-state index >= 15 is 0 Å². The second-order valence-corrected chi connectivity index (χ2v) is 12.4. The monoisotopic (exact) mass is 616 g/mol. The molecule has 1 N–H and O–H groups in total. The molecule has 0 bridgehead atoms. The van der Waals surface area contributed by atoms with Crippen molar-refractivity contribution >= 4 is 5.97 Å². The van der Waals surface area contributed by atoms with Crippen molar-refractivity contribution in [3.05, 3.63) is 0 Å². The number of aliphatic carboxylic acids is 1. The quantitative estimate of drug-likeness (QED) is 0.0577. The van der Waals surface area contributed by atoms with Crippen LogP contribution in [0.1, 0.15) is 213 Å². The second-order valence-electron chi connectivity index (χ2n) is 12.4. The molecule has 0 rings (SSSR count). The molecule has 0 fully saturated rings. The summed E-state index contributed by atoms with van der Waals surface area (Å²) < 4.78 is 5.74. The zero-order chi connectivity index (χ0) is 28.5. The summed E-state index contributed by atoms with van der Waals surface area (Å²) in [5.41, 5.74) is 0. The number of carboxylic acid groups (broad SMARTS) is 1. The van der Waals surface area contributed by atoms with Gasteiger partial charge in [0.15, 0.2) is 6.10 Å².